The van der Waals surface area contributed by atoms with E-state index in [0.29, 0.717) is 6.54 Å². The minimum Gasteiger partial charge on any atom is -0.492 e. The second kappa shape index (κ2) is 6.04. The van der Waals surface area contributed by atoms with Gasteiger partial charge in [0, 0.05) is 0 Å². The Morgan fingerprint density at radius 1 is 1.43 bits per heavy atom. The topological polar surface area (TPSA) is 35.2 Å². The highest BCUT2D eigenvalue weighted by Gasteiger charge is 2.01. The van der Waals surface area contributed by atoms with Gasteiger partial charge in [0.15, 0.2) is 0 Å². The standard InChI is InChI=1S/C11H16BrNO/c1-2-7-14-11-4-3-9(5-6-13)8-10(11)12/h3-4,8H,2,5-7,13H2,1H3. The van der Waals surface area contributed by atoms with E-state index in [-0.39, 0.29) is 0 Å². The average molecular weight is 258 g/mol. The van der Waals surface area contributed by atoms with Crippen LogP contribution in [0.2, 0.25) is 0 Å². The maximum atomic E-state index is 5.54. The molecule has 14 heavy (non-hydrogen) atoms. The normalized spacial score (nSPS) is 10.2. The number of halogens is 1. The zero-order chi connectivity index (χ0) is 10.4. The smallest absolute Gasteiger partial charge is 0.133 e. The Hall–Kier alpha value is -0.540. The Balaban J connectivity index is 2.68. The van der Waals surface area contributed by atoms with Crippen LogP contribution in [0.25, 0.3) is 0 Å². The molecule has 0 bridgehead atoms. The molecule has 0 heterocycles. The Morgan fingerprint density at radius 3 is 2.79 bits per heavy atom. The highest BCUT2D eigenvalue weighted by molar-refractivity contribution is 9.10. The maximum absolute atomic E-state index is 5.54. The van der Waals surface area contributed by atoms with E-state index in [9.17, 15) is 0 Å². The highest BCUT2D eigenvalue weighted by atomic mass is 79.9. The largest absolute Gasteiger partial charge is 0.492 e. The van der Waals surface area contributed by atoms with Crippen molar-refractivity contribution in [3.8, 4) is 5.75 Å². The molecule has 0 atom stereocenters. The Bertz CT molecular complexity index is 289. The van der Waals surface area contributed by atoms with Crippen LogP contribution in [-0.2, 0) is 6.42 Å². The Labute approximate surface area is 93.6 Å². The van der Waals surface area contributed by atoms with Crippen LogP contribution in [0.3, 0.4) is 0 Å². The average Bonchev–Trinajstić information content (AvgIpc) is 2.17. The number of rotatable bonds is 5. The molecule has 2 nitrogen and oxygen atoms in total. The molecule has 3 heteroatoms. The number of hydrogen-bond acceptors (Lipinski definition) is 2. The summed E-state index contributed by atoms with van der Waals surface area (Å²) in [4.78, 5) is 0. The van der Waals surface area contributed by atoms with Crippen molar-refractivity contribution in [3.63, 3.8) is 0 Å². The molecule has 2 N–H and O–H groups in total. The number of hydrogen-bond donors (Lipinski definition) is 1. The molecule has 1 aromatic carbocycles. The lowest BCUT2D eigenvalue weighted by Crippen LogP contribution is -2.03. The Kier molecular flexibility index (Phi) is 4.98. The minimum absolute atomic E-state index is 0.682. The molecule has 0 amide bonds. The minimum atomic E-state index is 0.682. The van der Waals surface area contributed by atoms with E-state index in [4.69, 9.17) is 10.5 Å². The van der Waals surface area contributed by atoms with Gasteiger partial charge in [0.1, 0.15) is 5.75 Å². The molecule has 0 aliphatic rings. The SMILES string of the molecule is CCCOc1ccc(CCN)cc1Br. The molecule has 0 saturated heterocycles. The maximum Gasteiger partial charge on any atom is 0.133 e. The van der Waals surface area contributed by atoms with Crippen LogP contribution in [-0.4, -0.2) is 13.2 Å². The molecule has 0 aliphatic carbocycles. The fourth-order valence-electron chi connectivity index (χ4n) is 1.20. The lowest BCUT2D eigenvalue weighted by Gasteiger charge is -2.08. The molecule has 0 radical (unpaired) electrons. The zero-order valence-electron chi connectivity index (χ0n) is 8.42. The predicted molar refractivity (Wildman–Crippen MR) is 62.7 cm³/mol. The van der Waals surface area contributed by atoms with Gasteiger partial charge in [0.2, 0.25) is 0 Å². The van der Waals surface area contributed by atoms with Gasteiger partial charge in [-0.25, -0.2) is 0 Å². The first-order valence-corrected chi connectivity index (χ1v) is 5.68. The van der Waals surface area contributed by atoms with Crippen molar-refractivity contribution in [1.82, 2.24) is 0 Å². The summed E-state index contributed by atoms with van der Waals surface area (Å²) in [6.45, 7) is 3.53. The van der Waals surface area contributed by atoms with E-state index < -0.39 is 0 Å². The van der Waals surface area contributed by atoms with Gasteiger partial charge < -0.3 is 10.5 Å². The summed E-state index contributed by atoms with van der Waals surface area (Å²) in [6, 6.07) is 6.12. The molecule has 78 valence electrons. The quantitative estimate of drug-likeness (QED) is 0.881. The molecule has 0 spiro atoms. The summed E-state index contributed by atoms with van der Waals surface area (Å²) in [5.41, 5.74) is 6.72. The van der Waals surface area contributed by atoms with Crippen molar-refractivity contribution < 1.29 is 4.74 Å². The van der Waals surface area contributed by atoms with Crippen LogP contribution < -0.4 is 10.5 Å². The first-order chi connectivity index (χ1) is 6.77. The predicted octanol–water partition coefficient (Wildman–Crippen LogP) is 2.74. The first-order valence-electron chi connectivity index (χ1n) is 4.89. The van der Waals surface area contributed by atoms with Crippen LogP contribution in [0.4, 0.5) is 0 Å². The van der Waals surface area contributed by atoms with Crippen LogP contribution in [0.15, 0.2) is 22.7 Å². The molecule has 1 aromatic rings. The van der Waals surface area contributed by atoms with Crippen molar-refractivity contribution in [2.45, 2.75) is 19.8 Å². The third-order valence-electron chi connectivity index (χ3n) is 1.89. The molecule has 0 aromatic heterocycles. The zero-order valence-corrected chi connectivity index (χ0v) is 10.0. The van der Waals surface area contributed by atoms with Crippen molar-refractivity contribution in [3.05, 3.63) is 28.2 Å². The fourth-order valence-corrected chi connectivity index (χ4v) is 1.74. The van der Waals surface area contributed by atoms with E-state index >= 15 is 0 Å². The lowest BCUT2D eigenvalue weighted by molar-refractivity contribution is 0.315. The summed E-state index contributed by atoms with van der Waals surface area (Å²) in [6.07, 6.45) is 1.93. The van der Waals surface area contributed by atoms with Crippen LogP contribution in [0, 0.1) is 0 Å². The van der Waals surface area contributed by atoms with Crippen LogP contribution >= 0.6 is 15.9 Å². The highest BCUT2D eigenvalue weighted by Crippen LogP contribution is 2.26. The molecule has 1 rings (SSSR count). The molecule has 0 unspecified atom stereocenters. The van der Waals surface area contributed by atoms with E-state index in [1.54, 1.807) is 0 Å². The van der Waals surface area contributed by atoms with Crippen molar-refractivity contribution >= 4 is 15.9 Å². The fraction of sp³-hybridized carbons (Fsp3) is 0.455. The van der Waals surface area contributed by atoms with Crippen molar-refractivity contribution in [2.75, 3.05) is 13.2 Å². The van der Waals surface area contributed by atoms with Gasteiger partial charge in [-0.05, 0) is 53.0 Å². The van der Waals surface area contributed by atoms with Gasteiger partial charge in [-0.1, -0.05) is 13.0 Å². The van der Waals surface area contributed by atoms with E-state index in [0.717, 1.165) is 29.7 Å². The summed E-state index contributed by atoms with van der Waals surface area (Å²) < 4.78 is 6.55. The van der Waals surface area contributed by atoms with Crippen molar-refractivity contribution in [2.24, 2.45) is 5.73 Å². The van der Waals surface area contributed by atoms with Gasteiger partial charge >= 0.3 is 0 Å². The molecular weight excluding hydrogens is 242 g/mol. The molecule has 0 aliphatic heterocycles. The molecule has 0 saturated carbocycles. The monoisotopic (exact) mass is 257 g/mol. The summed E-state index contributed by atoms with van der Waals surface area (Å²) >= 11 is 3.48. The molecule has 0 fully saturated rings. The van der Waals surface area contributed by atoms with Crippen LogP contribution in [0.5, 0.6) is 5.75 Å². The second-order valence-corrected chi connectivity index (χ2v) is 4.01. The van der Waals surface area contributed by atoms with Crippen molar-refractivity contribution in [1.29, 1.82) is 0 Å². The number of benzene rings is 1. The lowest BCUT2D eigenvalue weighted by atomic mass is 10.1. The van der Waals surface area contributed by atoms with Gasteiger partial charge in [0.05, 0.1) is 11.1 Å². The van der Waals surface area contributed by atoms with Gasteiger partial charge in [0.25, 0.3) is 0 Å². The first kappa shape index (κ1) is 11.5. The third-order valence-corrected chi connectivity index (χ3v) is 2.51. The summed E-state index contributed by atoms with van der Waals surface area (Å²) in [7, 11) is 0. The Morgan fingerprint density at radius 2 is 2.21 bits per heavy atom. The summed E-state index contributed by atoms with van der Waals surface area (Å²) in [5, 5.41) is 0. The third kappa shape index (κ3) is 3.31. The second-order valence-electron chi connectivity index (χ2n) is 3.15. The van der Waals surface area contributed by atoms with E-state index in [1.807, 2.05) is 6.07 Å². The van der Waals surface area contributed by atoms with E-state index in [2.05, 4.69) is 35.0 Å². The molecular formula is C11H16BrNO. The number of nitrogens with two attached hydrogens (primary N) is 1. The van der Waals surface area contributed by atoms with Gasteiger partial charge in [-0.15, -0.1) is 0 Å². The van der Waals surface area contributed by atoms with Crippen LogP contribution in [0.1, 0.15) is 18.9 Å². The summed E-state index contributed by atoms with van der Waals surface area (Å²) in [5.74, 6) is 0.910. The van der Waals surface area contributed by atoms with Gasteiger partial charge in [-0.2, -0.15) is 0 Å². The van der Waals surface area contributed by atoms with E-state index in [1.165, 1.54) is 5.56 Å². The van der Waals surface area contributed by atoms with Gasteiger partial charge in [-0.3, -0.25) is 0 Å². The number of ether oxygens (including phenoxy) is 1.